The maximum Gasteiger partial charge on any atom is 0.0702 e. The molecule has 0 amide bonds. The first kappa shape index (κ1) is 14.3. The van der Waals surface area contributed by atoms with Crippen LogP contribution >= 0.6 is 12.4 Å². The van der Waals surface area contributed by atoms with Gasteiger partial charge in [-0.3, -0.25) is 9.88 Å². The summed E-state index contributed by atoms with van der Waals surface area (Å²) in [7, 11) is 0. The molecule has 1 saturated heterocycles. The Balaban J connectivity index is 0.00000133. The topological polar surface area (TPSA) is 42.1 Å². The maximum atomic E-state index is 6.02. The van der Waals surface area contributed by atoms with Gasteiger partial charge in [-0.15, -0.1) is 12.4 Å². The molecule has 2 heterocycles. The Morgan fingerprint density at radius 2 is 2.21 bits per heavy atom. The molecular weight excluding hydrogens is 258 g/mol. The number of benzene rings is 1. The molecule has 1 aromatic heterocycles. The Bertz CT molecular complexity index is 544. The van der Waals surface area contributed by atoms with Crippen LogP contribution in [0.1, 0.15) is 18.4 Å². The van der Waals surface area contributed by atoms with Gasteiger partial charge in [-0.1, -0.05) is 12.1 Å². The molecule has 0 unspecified atom stereocenters. The van der Waals surface area contributed by atoms with Crippen LogP contribution in [0.4, 0.5) is 0 Å². The molecule has 1 aliphatic heterocycles. The van der Waals surface area contributed by atoms with Crippen molar-refractivity contribution in [3.8, 4) is 0 Å². The maximum absolute atomic E-state index is 6.02. The molecule has 3 rings (SSSR count). The Morgan fingerprint density at radius 3 is 3.05 bits per heavy atom. The van der Waals surface area contributed by atoms with E-state index in [1.807, 2.05) is 12.3 Å². The highest BCUT2D eigenvalue weighted by Crippen LogP contribution is 2.17. The second-order valence-electron chi connectivity index (χ2n) is 5.17. The van der Waals surface area contributed by atoms with Gasteiger partial charge in [0.2, 0.25) is 0 Å². The molecule has 0 spiro atoms. The number of likely N-dealkylation sites (tertiary alicyclic amines) is 1. The third-order valence-electron chi connectivity index (χ3n) is 3.62. The average Bonchev–Trinajstić information content (AvgIpc) is 2.39. The number of halogens is 1. The van der Waals surface area contributed by atoms with Crippen LogP contribution in [0.25, 0.3) is 10.9 Å². The first-order valence-electron chi connectivity index (χ1n) is 6.63. The molecule has 102 valence electrons. The van der Waals surface area contributed by atoms with Crippen LogP contribution in [0.5, 0.6) is 0 Å². The van der Waals surface area contributed by atoms with Crippen molar-refractivity contribution in [1.29, 1.82) is 0 Å². The second kappa shape index (κ2) is 6.33. The van der Waals surface area contributed by atoms with Gasteiger partial charge in [-0.25, -0.2) is 0 Å². The number of nitrogens with two attached hydrogens (primary N) is 1. The Kier molecular flexibility index (Phi) is 4.75. The zero-order valence-corrected chi connectivity index (χ0v) is 11.8. The summed E-state index contributed by atoms with van der Waals surface area (Å²) in [6, 6.07) is 11.0. The van der Waals surface area contributed by atoms with Crippen LogP contribution in [0.3, 0.4) is 0 Å². The lowest BCUT2D eigenvalue weighted by atomic mass is 10.1. The van der Waals surface area contributed by atoms with Gasteiger partial charge in [0, 0.05) is 30.7 Å². The molecule has 2 aromatic rings. The van der Waals surface area contributed by atoms with E-state index in [2.05, 4.69) is 34.1 Å². The van der Waals surface area contributed by atoms with Crippen molar-refractivity contribution in [1.82, 2.24) is 9.88 Å². The monoisotopic (exact) mass is 277 g/mol. The van der Waals surface area contributed by atoms with Crippen LogP contribution in [-0.4, -0.2) is 29.0 Å². The lowest BCUT2D eigenvalue weighted by Gasteiger charge is -2.30. The molecule has 4 heteroatoms. The Hall–Kier alpha value is -1.16. The van der Waals surface area contributed by atoms with Crippen LogP contribution in [-0.2, 0) is 6.54 Å². The third-order valence-corrected chi connectivity index (χ3v) is 3.62. The highest BCUT2D eigenvalue weighted by atomic mass is 35.5. The molecule has 0 aliphatic carbocycles. The van der Waals surface area contributed by atoms with E-state index in [1.54, 1.807) is 0 Å². The zero-order valence-electron chi connectivity index (χ0n) is 11.0. The molecule has 1 aromatic carbocycles. The van der Waals surface area contributed by atoms with Crippen LogP contribution in [0.15, 0.2) is 36.5 Å². The van der Waals surface area contributed by atoms with Crippen molar-refractivity contribution >= 4 is 23.3 Å². The number of aromatic nitrogens is 1. The van der Waals surface area contributed by atoms with Crippen LogP contribution in [0.2, 0.25) is 0 Å². The molecule has 0 saturated carbocycles. The van der Waals surface area contributed by atoms with E-state index >= 15 is 0 Å². The molecule has 2 N–H and O–H groups in total. The van der Waals surface area contributed by atoms with Crippen molar-refractivity contribution < 1.29 is 0 Å². The minimum Gasteiger partial charge on any atom is -0.327 e. The molecular formula is C15H20ClN3. The van der Waals surface area contributed by atoms with Gasteiger partial charge < -0.3 is 5.73 Å². The van der Waals surface area contributed by atoms with Gasteiger partial charge in [0.15, 0.2) is 0 Å². The second-order valence-corrected chi connectivity index (χ2v) is 5.17. The van der Waals surface area contributed by atoms with E-state index in [0.29, 0.717) is 6.04 Å². The fraction of sp³-hybridized carbons (Fsp3) is 0.400. The summed E-state index contributed by atoms with van der Waals surface area (Å²) in [5.41, 5.74) is 8.44. The molecule has 1 fully saturated rings. The molecule has 3 nitrogen and oxygen atoms in total. The average molecular weight is 278 g/mol. The van der Waals surface area contributed by atoms with Crippen molar-refractivity contribution in [3.05, 3.63) is 42.1 Å². The summed E-state index contributed by atoms with van der Waals surface area (Å²) >= 11 is 0. The zero-order chi connectivity index (χ0) is 12.4. The number of hydrogen-bond donors (Lipinski definition) is 1. The van der Waals surface area contributed by atoms with E-state index in [4.69, 9.17) is 5.73 Å². The van der Waals surface area contributed by atoms with Gasteiger partial charge in [0.25, 0.3) is 0 Å². The summed E-state index contributed by atoms with van der Waals surface area (Å²) in [5.74, 6) is 0. The van der Waals surface area contributed by atoms with Crippen LogP contribution in [0, 0.1) is 0 Å². The van der Waals surface area contributed by atoms with Crippen molar-refractivity contribution in [2.45, 2.75) is 25.4 Å². The van der Waals surface area contributed by atoms with Crippen molar-refractivity contribution in [2.24, 2.45) is 5.73 Å². The predicted octanol–water partition coefficient (Wildman–Crippen LogP) is 2.58. The summed E-state index contributed by atoms with van der Waals surface area (Å²) in [5, 5.41) is 1.22. The minimum atomic E-state index is 0. The molecule has 19 heavy (non-hydrogen) atoms. The number of nitrogens with zero attached hydrogens (tertiary/aromatic N) is 2. The van der Waals surface area contributed by atoms with Crippen molar-refractivity contribution in [3.63, 3.8) is 0 Å². The molecule has 0 bridgehead atoms. The van der Waals surface area contributed by atoms with E-state index in [1.165, 1.54) is 23.9 Å². The first-order chi connectivity index (χ1) is 8.81. The predicted molar refractivity (Wildman–Crippen MR) is 81.5 cm³/mol. The van der Waals surface area contributed by atoms with Gasteiger partial charge in [0.1, 0.15) is 0 Å². The standard InChI is InChI=1S/C15H19N3.ClH/c16-14-4-2-8-18(11-14)10-12-5-6-15-13(9-12)3-1-7-17-15;/h1,3,5-7,9,14H,2,4,8,10-11,16H2;1H/t14-;/m1./s1. The summed E-state index contributed by atoms with van der Waals surface area (Å²) in [6.07, 6.45) is 4.22. The van der Waals surface area contributed by atoms with E-state index in [9.17, 15) is 0 Å². The molecule has 1 atom stereocenters. The van der Waals surface area contributed by atoms with E-state index < -0.39 is 0 Å². The lowest BCUT2D eigenvalue weighted by molar-refractivity contribution is 0.201. The van der Waals surface area contributed by atoms with Gasteiger partial charge >= 0.3 is 0 Å². The quantitative estimate of drug-likeness (QED) is 0.917. The molecule has 1 aliphatic rings. The largest absolute Gasteiger partial charge is 0.327 e. The highest BCUT2D eigenvalue weighted by molar-refractivity contribution is 5.85. The smallest absolute Gasteiger partial charge is 0.0702 e. The van der Waals surface area contributed by atoms with Crippen LogP contribution < -0.4 is 5.73 Å². The number of pyridine rings is 1. The van der Waals surface area contributed by atoms with E-state index in [0.717, 1.165) is 25.0 Å². The number of piperidine rings is 1. The number of rotatable bonds is 2. The number of hydrogen-bond acceptors (Lipinski definition) is 3. The molecule has 0 radical (unpaired) electrons. The highest BCUT2D eigenvalue weighted by Gasteiger charge is 2.16. The summed E-state index contributed by atoms with van der Waals surface area (Å²) in [4.78, 5) is 6.80. The van der Waals surface area contributed by atoms with Gasteiger partial charge in [-0.05, 0) is 43.1 Å². The summed E-state index contributed by atoms with van der Waals surface area (Å²) < 4.78 is 0. The number of fused-ring (bicyclic) bond motifs is 1. The Morgan fingerprint density at radius 1 is 1.32 bits per heavy atom. The first-order valence-corrected chi connectivity index (χ1v) is 6.63. The third kappa shape index (κ3) is 3.44. The van der Waals surface area contributed by atoms with E-state index in [-0.39, 0.29) is 12.4 Å². The minimum absolute atomic E-state index is 0. The van der Waals surface area contributed by atoms with Gasteiger partial charge in [-0.2, -0.15) is 0 Å². The lowest BCUT2D eigenvalue weighted by Crippen LogP contribution is -2.42. The SMILES string of the molecule is Cl.N[C@@H]1CCCN(Cc2ccc3ncccc3c2)C1. The fourth-order valence-corrected chi connectivity index (χ4v) is 2.72. The van der Waals surface area contributed by atoms with Gasteiger partial charge in [0.05, 0.1) is 5.52 Å². The van der Waals surface area contributed by atoms with Crippen molar-refractivity contribution in [2.75, 3.05) is 13.1 Å². The Labute approximate surface area is 120 Å². The fourth-order valence-electron chi connectivity index (χ4n) is 2.72. The normalized spacial score (nSPS) is 20.2. The summed E-state index contributed by atoms with van der Waals surface area (Å²) in [6.45, 7) is 3.18.